The van der Waals surface area contributed by atoms with Gasteiger partial charge in [0.1, 0.15) is 17.1 Å². The lowest BCUT2D eigenvalue weighted by Gasteiger charge is -2.01. The molecule has 0 aliphatic heterocycles. The van der Waals surface area contributed by atoms with Crippen molar-refractivity contribution in [3.05, 3.63) is 45.3 Å². The molecule has 0 saturated carbocycles. The third-order valence-corrected chi connectivity index (χ3v) is 2.48. The smallest absolute Gasteiger partial charge is 0.358 e. The number of oxazole rings is 1. The van der Waals surface area contributed by atoms with Gasteiger partial charge in [0.05, 0.1) is 4.92 Å². The Kier molecular flexibility index (Phi) is 3.18. The number of carboxylic acid groups (broad SMARTS) is 1. The van der Waals surface area contributed by atoms with E-state index in [0.29, 0.717) is 12.1 Å². The van der Waals surface area contributed by atoms with Gasteiger partial charge >= 0.3 is 11.7 Å². The van der Waals surface area contributed by atoms with Gasteiger partial charge in [0.2, 0.25) is 11.7 Å². The number of nitro groups is 1. The van der Waals surface area contributed by atoms with Gasteiger partial charge in [-0.3, -0.25) is 10.1 Å². The summed E-state index contributed by atoms with van der Waals surface area (Å²) < 4.78 is 32.4. The Morgan fingerprint density at radius 3 is 2.60 bits per heavy atom. The Balaban J connectivity index is 2.69. The van der Waals surface area contributed by atoms with E-state index in [4.69, 9.17) is 9.52 Å². The molecule has 1 aromatic heterocycles. The van der Waals surface area contributed by atoms with Gasteiger partial charge in [-0.05, 0) is 13.0 Å². The standard InChI is InChI=1S/C11H6F2N2O5/c1-4-9(11(16)17)14-10(20-4)7-5(12)2-3-6(8(7)13)15(18)19/h2-3H,1H3,(H,16,17). The minimum Gasteiger partial charge on any atom is -0.476 e. The molecule has 20 heavy (non-hydrogen) atoms. The quantitative estimate of drug-likeness (QED) is 0.685. The van der Waals surface area contributed by atoms with E-state index in [2.05, 4.69) is 4.98 Å². The lowest BCUT2D eigenvalue weighted by molar-refractivity contribution is -0.387. The summed E-state index contributed by atoms with van der Waals surface area (Å²) in [6.07, 6.45) is 0. The Hall–Kier alpha value is -2.84. The van der Waals surface area contributed by atoms with Gasteiger partial charge < -0.3 is 9.52 Å². The number of halogens is 2. The van der Waals surface area contributed by atoms with E-state index in [1.807, 2.05) is 0 Å². The SMILES string of the molecule is Cc1oc(-c2c(F)ccc([N+](=O)[O-])c2F)nc1C(=O)O. The van der Waals surface area contributed by atoms with Gasteiger partial charge in [-0.15, -0.1) is 0 Å². The number of rotatable bonds is 3. The lowest BCUT2D eigenvalue weighted by Crippen LogP contribution is -2.00. The number of aryl methyl sites for hydroxylation is 1. The fourth-order valence-corrected chi connectivity index (χ4v) is 1.58. The van der Waals surface area contributed by atoms with Gasteiger partial charge in [0.25, 0.3) is 0 Å². The molecule has 0 spiro atoms. The van der Waals surface area contributed by atoms with Gasteiger partial charge in [0, 0.05) is 6.07 Å². The summed E-state index contributed by atoms with van der Waals surface area (Å²) in [6, 6.07) is 1.33. The number of hydrogen-bond acceptors (Lipinski definition) is 5. The molecule has 9 heteroatoms. The molecule has 1 aromatic carbocycles. The summed E-state index contributed by atoms with van der Waals surface area (Å²) in [5.74, 6) is -4.90. The van der Waals surface area contributed by atoms with Crippen molar-refractivity contribution in [3.63, 3.8) is 0 Å². The first kappa shape index (κ1) is 13.6. The van der Waals surface area contributed by atoms with Crippen LogP contribution in [0.2, 0.25) is 0 Å². The number of nitrogens with zero attached hydrogens (tertiary/aromatic N) is 2. The van der Waals surface area contributed by atoms with Crippen LogP contribution in [0, 0.1) is 28.7 Å². The molecule has 0 amide bonds. The zero-order chi connectivity index (χ0) is 15.0. The van der Waals surface area contributed by atoms with E-state index in [0.717, 1.165) is 0 Å². The number of benzene rings is 1. The fourth-order valence-electron chi connectivity index (χ4n) is 1.58. The summed E-state index contributed by atoms with van der Waals surface area (Å²) in [4.78, 5) is 23.8. The third-order valence-electron chi connectivity index (χ3n) is 2.48. The van der Waals surface area contributed by atoms with Gasteiger partial charge in [0.15, 0.2) is 5.69 Å². The first-order chi connectivity index (χ1) is 9.32. The first-order valence-corrected chi connectivity index (χ1v) is 5.16. The predicted octanol–water partition coefficient (Wildman–Crippen LogP) is 2.53. The van der Waals surface area contributed by atoms with Gasteiger partial charge in [-0.1, -0.05) is 0 Å². The Morgan fingerprint density at radius 2 is 2.10 bits per heavy atom. The zero-order valence-electron chi connectivity index (χ0n) is 9.89. The molecular formula is C11H6F2N2O5. The summed E-state index contributed by atoms with van der Waals surface area (Å²) in [5.41, 5.74) is -2.37. The molecule has 0 bridgehead atoms. The number of carbonyl (C=O) groups is 1. The maximum absolute atomic E-state index is 13.9. The number of carboxylic acids is 1. The number of nitro benzene ring substituents is 1. The molecule has 0 radical (unpaired) electrons. The van der Waals surface area contributed by atoms with Crippen molar-refractivity contribution >= 4 is 11.7 Å². The minimum atomic E-state index is -1.48. The Morgan fingerprint density at radius 1 is 1.45 bits per heavy atom. The summed E-state index contributed by atoms with van der Waals surface area (Å²) >= 11 is 0. The molecule has 1 N–H and O–H groups in total. The van der Waals surface area contributed by atoms with Crippen molar-refractivity contribution in [3.8, 4) is 11.5 Å². The second-order valence-corrected chi connectivity index (χ2v) is 3.74. The largest absolute Gasteiger partial charge is 0.476 e. The molecule has 2 aromatic rings. The third kappa shape index (κ3) is 2.09. The van der Waals surface area contributed by atoms with Crippen molar-refractivity contribution in [2.45, 2.75) is 6.92 Å². The molecule has 0 aliphatic carbocycles. The molecule has 2 rings (SSSR count). The fraction of sp³-hybridized carbons (Fsp3) is 0.0909. The molecule has 0 saturated heterocycles. The summed E-state index contributed by atoms with van der Waals surface area (Å²) in [6.45, 7) is 1.24. The van der Waals surface area contributed by atoms with Crippen LogP contribution in [-0.2, 0) is 0 Å². The lowest BCUT2D eigenvalue weighted by atomic mass is 10.1. The van der Waals surface area contributed by atoms with E-state index in [1.54, 1.807) is 0 Å². The van der Waals surface area contributed by atoms with Gasteiger partial charge in [-0.2, -0.15) is 4.39 Å². The zero-order valence-corrected chi connectivity index (χ0v) is 9.89. The van der Waals surface area contributed by atoms with Crippen molar-refractivity contribution in [1.29, 1.82) is 0 Å². The molecule has 0 aliphatic rings. The van der Waals surface area contributed by atoms with E-state index in [9.17, 15) is 23.7 Å². The van der Waals surface area contributed by atoms with Crippen LogP contribution in [0.5, 0.6) is 0 Å². The van der Waals surface area contributed by atoms with Crippen molar-refractivity contribution in [2.24, 2.45) is 0 Å². The Labute approximate surface area is 109 Å². The maximum Gasteiger partial charge on any atom is 0.358 e. The second-order valence-electron chi connectivity index (χ2n) is 3.74. The molecule has 7 nitrogen and oxygen atoms in total. The molecule has 104 valence electrons. The van der Waals surface area contributed by atoms with E-state index < -0.39 is 45.4 Å². The van der Waals surface area contributed by atoms with Gasteiger partial charge in [-0.25, -0.2) is 14.2 Å². The molecule has 1 heterocycles. The number of aromatic carboxylic acids is 1. The first-order valence-electron chi connectivity index (χ1n) is 5.16. The highest BCUT2D eigenvalue weighted by atomic mass is 19.1. The minimum absolute atomic E-state index is 0.169. The summed E-state index contributed by atoms with van der Waals surface area (Å²) in [7, 11) is 0. The molecule has 0 atom stereocenters. The van der Waals surface area contributed by atoms with Crippen molar-refractivity contribution in [1.82, 2.24) is 4.98 Å². The highest BCUT2D eigenvalue weighted by Gasteiger charge is 2.27. The van der Waals surface area contributed by atoms with E-state index in [1.165, 1.54) is 6.92 Å². The predicted molar refractivity (Wildman–Crippen MR) is 60.2 cm³/mol. The van der Waals surface area contributed by atoms with Crippen molar-refractivity contribution in [2.75, 3.05) is 0 Å². The van der Waals surface area contributed by atoms with Crippen LogP contribution in [-0.4, -0.2) is 21.0 Å². The maximum atomic E-state index is 13.9. The molecule has 0 unspecified atom stereocenters. The highest BCUT2D eigenvalue weighted by Crippen LogP contribution is 2.32. The molecule has 0 fully saturated rings. The van der Waals surface area contributed by atoms with E-state index >= 15 is 0 Å². The summed E-state index contributed by atoms with van der Waals surface area (Å²) in [5, 5.41) is 19.4. The second kappa shape index (κ2) is 4.68. The Bertz CT molecular complexity index is 726. The van der Waals surface area contributed by atoms with Crippen LogP contribution >= 0.6 is 0 Å². The normalized spacial score (nSPS) is 10.6. The number of hydrogen-bond donors (Lipinski definition) is 1. The van der Waals surface area contributed by atoms with Crippen LogP contribution in [0.3, 0.4) is 0 Å². The highest BCUT2D eigenvalue weighted by molar-refractivity contribution is 5.87. The van der Waals surface area contributed by atoms with Crippen LogP contribution in [0.4, 0.5) is 14.5 Å². The average Bonchev–Trinajstić information content (AvgIpc) is 2.70. The van der Waals surface area contributed by atoms with Crippen LogP contribution in [0.15, 0.2) is 16.5 Å². The van der Waals surface area contributed by atoms with Crippen LogP contribution in [0.25, 0.3) is 11.5 Å². The van der Waals surface area contributed by atoms with E-state index in [-0.39, 0.29) is 5.76 Å². The van der Waals surface area contributed by atoms with Crippen LogP contribution in [0.1, 0.15) is 16.2 Å². The van der Waals surface area contributed by atoms with Crippen LogP contribution < -0.4 is 0 Å². The number of aromatic nitrogens is 1. The average molecular weight is 284 g/mol. The molecular weight excluding hydrogens is 278 g/mol. The monoisotopic (exact) mass is 284 g/mol. The topological polar surface area (TPSA) is 106 Å². The van der Waals surface area contributed by atoms with Crippen molar-refractivity contribution < 1.29 is 28.0 Å².